The standard InChI is InChI=1S/C30H36N4O4/c1-30(2,3)38-28(36)25(16-21-18-31-23-13-8-7-12-22(21)23)32-24-14-9-15-33-26(24)17-27(35)34(29(33)37)19-20-10-5-4-6-11-20/h4-8,10-13,18,24-26,31-32H,9,14-17,19H2,1-3H3/t24-,25+,26?/m1/s1. The van der Waals surface area contributed by atoms with Gasteiger partial charge >= 0.3 is 12.0 Å². The summed E-state index contributed by atoms with van der Waals surface area (Å²) in [7, 11) is 0. The van der Waals surface area contributed by atoms with Gasteiger partial charge in [-0.25, -0.2) is 4.79 Å². The van der Waals surface area contributed by atoms with E-state index in [4.69, 9.17) is 4.74 Å². The number of H-pyrrole nitrogens is 1. The second-order valence-corrected chi connectivity index (χ2v) is 11.3. The Bertz CT molecular complexity index is 1310. The van der Waals surface area contributed by atoms with Crippen molar-refractivity contribution in [3.63, 3.8) is 0 Å². The van der Waals surface area contributed by atoms with Crippen LogP contribution in [-0.4, -0.2) is 63.0 Å². The van der Waals surface area contributed by atoms with Crippen LogP contribution in [0.4, 0.5) is 4.79 Å². The highest BCUT2D eigenvalue weighted by Gasteiger charge is 2.45. The summed E-state index contributed by atoms with van der Waals surface area (Å²) in [6.45, 7) is 6.43. The number of nitrogens with one attached hydrogen (secondary N) is 2. The van der Waals surface area contributed by atoms with Gasteiger partial charge in [-0.2, -0.15) is 0 Å². The predicted octanol–water partition coefficient (Wildman–Crippen LogP) is 4.40. The number of nitrogens with zero attached hydrogens (tertiary/aromatic N) is 2. The Morgan fingerprint density at radius 3 is 2.61 bits per heavy atom. The Kier molecular flexibility index (Phi) is 7.25. The lowest BCUT2D eigenvalue weighted by Gasteiger charge is -2.47. The number of rotatable bonds is 7. The van der Waals surface area contributed by atoms with Crippen LogP contribution < -0.4 is 5.32 Å². The van der Waals surface area contributed by atoms with E-state index >= 15 is 0 Å². The molecule has 2 N–H and O–H groups in total. The number of amides is 3. The van der Waals surface area contributed by atoms with Crippen molar-refractivity contribution in [3.05, 3.63) is 71.9 Å². The van der Waals surface area contributed by atoms with Gasteiger partial charge in [-0.3, -0.25) is 19.8 Å². The normalized spacial score (nSPS) is 20.9. The maximum absolute atomic E-state index is 13.4. The molecule has 5 rings (SSSR count). The molecule has 3 amide bonds. The van der Waals surface area contributed by atoms with Gasteiger partial charge in [-0.1, -0.05) is 48.5 Å². The van der Waals surface area contributed by atoms with E-state index in [0.29, 0.717) is 13.0 Å². The zero-order valence-corrected chi connectivity index (χ0v) is 22.3. The molecule has 2 aliphatic rings. The molecule has 38 heavy (non-hydrogen) atoms. The Hall–Kier alpha value is -3.65. The van der Waals surface area contributed by atoms with E-state index in [1.807, 2.05) is 86.5 Å². The second kappa shape index (κ2) is 10.6. The van der Waals surface area contributed by atoms with E-state index in [9.17, 15) is 14.4 Å². The van der Waals surface area contributed by atoms with E-state index < -0.39 is 11.6 Å². The summed E-state index contributed by atoms with van der Waals surface area (Å²) in [5, 5.41) is 4.60. The average molecular weight is 517 g/mol. The lowest BCUT2D eigenvalue weighted by Crippen LogP contribution is -2.66. The molecule has 0 radical (unpaired) electrons. The molecule has 2 saturated heterocycles. The first-order valence-corrected chi connectivity index (χ1v) is 13.4. The monoisotopic (exact) mass is 516 g/mol. The minimum absolute atomic E-state index is 0.181. The fourth-order valence-electron chi connectivity index (χ4n) is 5.58. The van der Waals surface area contributed by atoms with E-state index in [0.717, 1.165) is 34.9 Å². The third kappa shape index (κ3) is 5.60. The fraction of sp³-hybridized carbons (Fsp3) is 0.433. The largest absolute Gasteiger partial charge is 0.459 e. The number of para-hydroxylation sites is 1. The van der Waals surface area contributed by atoms with Gasteiger partial charge in [0.05, 0.1) is 12.6 Å². The third-order valence-electron chi connectivity index (χ3n) is 7.33. The number of benzene rings is 2. The Morgan fingerprint density at radius 1 is 1.11 bits per heavy atom. The van der Waals surface area contributed by atoms with E-state index in [2.05, 4.69) is 10.3 Å². The number of carbonyl (C=O) groups is 3. The number of aromatic nitrogens is 1. The van der Waals surface area contributed by atoms with Gasteiger partial charge in [0.2, 0.25) is 5.91 Å². The number of fused-ring (bicyclic) bond motifs is 2. The van der Waals surface area contributed by atoms with Gasteiger partial charge in [-0.05, 0) is 50.8 Å². The molecule has 0 spiro atoms. The molecule has 1 unspecified atom stereocenters. The Morgan fingerprint density at radius 2 is 1.84 bits per heavy atom. The summed E-state index contributed by atoms with van der Waals surface area (Å²) in [6, 6.07) is 16.2. The van der Waals surface area contributed by atoms with E-state index in [1.165, 1.54) is 4.90 Å². The van der Waals surface area contributed by atoms with Crippen LogP contribution in [-0.2, 0) is 27.3 Å². The van der Waals surface area contributed by atoms with Crippen LogP contribution in [0, 0.1) is 0 Å². The van der Waals surface area contributed by atoms with Gasteiger partial charge in [0.1, 0.15) is 11.6 Å². The maximum atomic E-state index is 13.4. The molecule has 200 valence electrons. The van der Waals surface area contributed by atoms with Crippen LogP contribution in [0.2, 0.25) is 0 Å². The van der Waals surface area contributed by atoms with Crippen LogP contribution >= 0.6 is 0 Å². The van der Waals surface area contributed by atoms with Crippen LogP contribution in [0.3, 0.4) is 0 Å². The van der Waals surface area contributed by atoms with Crippen LogP contribution in [0.1, 0.15) is 51.2 Å². The van der Waals surface area contributed by atoms with Crippen molar-refractivity contribution in [2.45, 2.75) is 76.7 Å². The summed E-state index contributed by atoms with van der Waals surface area (Å²) < 4.78 is 5.80. The number of imide groups is 1. The lowest BCUT2D eigenvalue weighted by molar-refractivity contribution is -0.158. The summed E-state index contributed by atoms with van der Waals surface area (Å²) in [5.41, 5.74) is 2.31. The molecule has 3 aromatic rings. The van der Waals surface area contributed by atoms with E-state index in [-0.39, 0.29) is 43.0 Å². The second-order valence-electron chi connectivity index (χ2n) is 11.3. The van der Waals surface area contributed by atoms with Gasteiger partial charge in [0, 0.05) is 42.5 Å². The molecule has 1 aromatic heterocycles. The summed E-state index contributed by atoms with van der Waals surface area (Å²) in [4.78, 5) is 46.4. The molecule has 0 bridgehead atoms. The topological polar surface area (TPSA) is 94.7 Å². The number of carbonyl (C=O) groups excluding carboxylic acids is 3. The van der Waals surface area contributed by atoms with Crippen molar-refractivity contribution >= 4 is 28.8 Å². The summed E-state index contributed by atoms with van der Waals surface area (Å²) >= 11 is 0. The predicted molar refractivity (Wildman–Crippen MR) is 145 cm³/mol. The zero-order valence-electron chi connectivity index (χ0n) is 22.3. The van der Waals surface area contributed by atoms with Crippen molar-refractivity contribution in [1.82, 2.24) is 20.1 Å². The van der Waals surface area contributed by atoms with Crippen molar-refractivity contribution in [1.29, 1.82) is 0 Å². The van der Waals surface area contributed by atoms with Crippen molar-refractivity contribution in [3.8, 4) is 0 Å². The van der Waals surface area contributed by atoms with E-state index in [1.54, 1.807) is 0 Å². The molecule has 0 aliphatic carbocycles. The number of piperidine rings is 1. The highest BCUT2D eigenvalue weighted by atomic mass is 16.6. The van der Waals surface area contributed by atoms with Gasteiger partial charge in [0.25, 0.3) is 0 Å². The van der Waals surface area contributed by atoms with Crippen molar-refractivity contribution < 1.29 is 19.1 Å². The Balaban J connectivity index is 1.36. The third-order valence-corrected chi connectivity index (χ3v) is 7.33. The van der Waals surface area contributed by atoms with Gasteiger partial charge in [0.15, 0.2) is 0 Å². The smallest absolute Gasteiger partial charge is 0.327 e. The number of hydrogen-bond acceptors (Lipinski definition) is 5. The first-order chi connectivity index (χ1) is 18.2. The number of ether oxygens (including phenoxy) is 1. The van der Waals surface area contributed by atoms with Gasteiger partial charge in [-0.15, -0.1) is 0 Å². The van der Waals surface area contributed by atoms with Crippen LogP contribution in [0.5, 0.6) is 0 Å². The first-order valence-electron chi connectivity index (χ1n) is 13.4. The molecular formula is C30H36N4O4. The highest BCUT2D eigenvalue weighted by Crippen LogP contribution is 2.29. The molecular weight excluding hydrogens is 480 g/mol. The van der Waals surface area contributed by atoms with Crippen LogP contribution in [0.25, 0.3) is 10.9 Å². The number of aromatic amines is 1. The van der Waals surface area contributed by atoms with Crippen LogP contribution in [0.15, 0.2) is 60.8 Å². The molecule has 0 saturated carbocycles. The number of esters is 1. The Labute approximate surface area is 223 Å². The first kappa shape index (κ1) is 26.0. The number of hydrogen-bond donors (Lipinski definition) is 2. The SMILES string of the molecule is CC(C)(C)OC(=O)[C@H](Cc1c[nH]c2ccccc12)N[C@@H]1CCCN2C(=O)N(Cc3ccccc3)C(=O)CC12. The number of urea groups is 1. The quantitative estimate of drug-likeness (QED) is 0.454. The molecule has 2 aliphatic heterocycles. The summed E-state index contributed by atoms with van der Waals surface area (Å²) in [6.07, 6.45) is 4.16. The zero-order chi connectivity index (χ0) is 26.9. The molecule has 8 nitrogen and oxygen atoms in total. The summed E-state index contributed by atoms with van der Waals surface area (Å²) in [5.74, 6) is -0.515. The fourth-order valence-corrected chi connectivity index (χ4v) is 5.58. The van der Waals surface area contributed by atoms with Crippen molar-refractivity contribution in [2.24, 2.45) is 0 Å². The molecule has 2 aromatic carbocycles. The van der Waals surface area contributed by atoms with Gasteiger partial charge < -0.3 is 14.6 Å². The molecule has 8 heteroatoms. The lowest BCUT2D eigenvalue weighted by atomic mass is 9.90. The maximum Gasteiger partial charge on any atom is 0.327 e. The molecule has 3 atom stereocenters. The minimum Gasteiger partial charge on any atom is -0.459 e. The average Bonchev–Trinajstić information content (AvgIpc) is 3.29. The highest BCUT2D eigenvalue weighted by molar-refractivity contribution is 5.97. The molecule has 3 heterocycles. The van der Waals surface area contributed by atoms with Crippen molar-refractivity contribution in [2.75, 3.05) is 6.54 Å². The minimum atomic E-state index is -0.634. The molecule has 2 fully saturated rings.